The van der Waals surface area contributed by atoms with E-state index in [9.17, 15) is 9.90 Å². The van der Waals surface area contributed by atoms with Crippen LogP contribution in [0.15, 0.2) is 0 Å². The average molecular weight is 226 g/mol. The lowest BCUT2D eigenvalue weighted by atomic mass is 10.0. The quantitative estimate of drug-likeness (QED) is 0.651. The highest BCUT2D eigenvalue weighted by Gasteiger charge is 2.31. The van der Waals surface area contributed by atoms with Crippen LogP contribution >= 0.6 is 0 Å². The number of amides is 1. The van der Waals surface area contributed by atoms with Gasteiger partial charge in [-0.1, -0.05) is 6.42 Å². The molecule has 1 amide bonds. The lowest BCUT2D eigenvalue weighted by Crippen LogP contribution is -2.40. The maximum atomic E-state index is 11.8. The Labute approximate surface area is 96.6 Å². The smallest absolute Gasteiger partial charge is 0.224 e. The third kappa shape index (κ3) is 2.74. The second-order valence-corrected chi connectivity index (χ2v) is 5.28. The molecule has 2 aliphatic rings. The Bertz CT molecular complexity index is 257. The largest absolute Gasteiger partial charge is 0.393 e. The summed E-state index contributed by atoms with van der Waals surface area (Å²) in [6, 6.07) is 0.0502. The van der Waals surface area contributed by atoms with Gasteiger partial charge in [0, 0.05) is 12.6 Å². The first kappa shape index (κ1) is 11.9. The number of nitrogens with one attached hydrogen (secondary N) is 1. The van der Waals surface area contributed by atoms with Crippen LogP contribution in [0.4, 0.5) is 0 Å². The third-order valence-corrected chi connectivity index (χ3v) is 3.98. The minimum atomic E-state index is -0.157. The minimum absolute atomic E-state index is 0.0197. The predicted molar refractivity (Wildman–Crippen MR) is 61.7 cm³/mol. The maximum Gasteiger partial charge on any atom is 0.224 e. The van der Waals surface area contributed by atoms with Gasteiger partial charge in [-0.3, -0.25) is 4.79 Å². The van der Waals surface area contributed by atoms with Crippen LogP contribution in [0.25, 0.3) is 0 Å². The van der Waals surface area contributed by atoms with E-state index < -0.39 is 0 Å². The van der Waals surface area contributed by atoms with Crippen molar-refractivity contribution in [3.8, 4) is 0 Å². The predicted octanol–water partition coefficient (Wildman–Crippen LogP) is 0.391. The van der Waals surface area contributed by atoms with Gasteiger partial charge < -0.3 is 16.2 Å². The molecule has 0 aromatic rings. The molecule has 0 spiro atoms. The Morgan fingerprint density at radius 1 is 1.31 bits per heavy atom. The zero-order chi connectivity index (χ0) is 11.5. The number of rotatable bonds is 3. The summed E-state index contributed by atoms with van der Waals surface area (Å²) in [6.45, 7) is 0.707. The molecule has 2 rings (SSSR count). The number of carbonyl (C=O) groups is 1. The van der Waals surface area contributed by atoms with Gasteiger partial charge in [-0.2, -0.15) is 0 Å². The van der Waals surface area contributed by atoms with E-state index in [4.69, 9.17) is 5.73 Å². The van der Waals surface area contributed by atoms with E-state index in [0.717, 1.165) is 38.5 Å². The van der Waals surface area contributed by atoms with Crippen molar-refractivity contribution >= 4 is 5.91 Å². The van der Waals surface area contributed by atoms with Gasteiger partial charge in [-0.05, 0) is 38.0 Å². The first-order valence-corrected chi connectivity index (χ1v) is 6.38. The molecule has 4 atom stereocenters. The molecule has 0 bridgehead atoms. The highest BCUT2D eigenvalue weighted by atomic mass is 16.3. The fourth-order valence-electron chi connectivity index (χ4n) is 2.92. The topological polar surface area (TPSA) is 75.4 Å². The lowest BCUT2D eigenvalue weighted by molar-refractivity contribution is -0.125. The summed E-state index contributed by atoms with van der Waals surface area (Å²) < 4.78 is 0. The van der Waals surface area contributed by atoms with Gasteiger partial charge in [0.1, 0.15) is 0 Å². The highest BCUT2D eigenvalue weighted by Crippen LogP contribution is 2.26. The lowest BCUT2D eigenvalue weighted by Gasteiger charge is -2.17. The van der Waals surface area contributed by atoms with Crippen LogP contribution in [-0.4, -0.2) is 29.7 Å². The molecule has 4 unspecified atom stereocenters. The highest BCUT2D eigenvalue weighted by molar-refractivity contribution is 5.79. The Balaban J connectivity index is 1.71. The number of hydrogen-bond donors (Lipinski definition) is 3. The van der Waals surface area contributed by atoms with Gasteiger partial charge in [0.25, 0.3) is 0 Å². The monoisotopic (exact) mass is 226 g/mol. The van der Waals surface area contributed by atoms with Crippen molar-refractivity contribution in [1.29, 1.82) is 0 Å². The summed E-state index contributed by atoms with van der Waals surface area (Å²) in [5.41, 5.74) is 5.88. The average Bonchev–Trinajstić information content (AvgIpc) is 2.84. The van der Waals surface area contributed by atoms with E-state index in [0.29, 0.717) is 12.5 Å². The Morgan fingerprint density at radius 2 is 2.12 bits per heavy atom. The van der Waals surface area contributed by atoms with Crippen molar-refractivity contribution in [2.75, 3.05) is 6.54 Å². The van der Waals surface area contributed by atoms with Crippen molar-refractivity contribution < 1.29 is 9.90 Å². The molecule has 0 heterocycles. The van der Waals surface area contributed by atoms with Crippen LogP contribution in [0.3, 0.4) is 0 Å². The van der Waals surface area contributed by atoms with Gasteiger partial charge in [-0.15, -0.1) is 0 Å². The molecule has 0 saturated heterocycles. The zero-order valence-electron chi connectivity index (χ0n) is 9.69. The molecule has 0 aromatic heterocycles. The SMILES string of the molecule is NC1CCCC1C(=O)NCC1CCC(O)C1. The number of hydrogen-bond acceptors (Lipinski definition) is 3. The summed E-state index contributed by atoms with van der Waals surface area (Å²) in [6.07, 6.45) is 5.55. The van der Waals surface area contributed by atoms with Crippen LogP contribution in [-0.2, 0) is 4.79 Å². The summed E-state index contributed by atoms with van der Waals surface area (Å²) >= 11 is 0. The summed E-state index contributed by atoms with van der Waals surface area (Å²) in [5.74, 6) is 0.592. The van der Waals surface area contributed by atoms with Crippen LogP contribution in [0.1, 0.15) is 38.5 Å². The van der Waals surface area contributed by atoms with Gasteiger partial charge in [0.05, 0.1) is 12.0 Å². The summed E-state index contributed by atoms with van der Waals surface area (Å²) in [4.78, 5) is 11.8. The van der Waals surface area contributed by atoms with Crippen molar-refractivity contribution in [2.45, 2.75) is 50.7 Å². The molecule has 0 aliphatic heterocycles. The molecule has 4 nitrogen and oxygen atoms in total. The van der Waals surface area contributed by atoms with Crippen LogP contribution in [0.2, 0.25) is 0 Å². The van der Waals surface area contributed by atoms with E-state index in [2.05, 4.69) is 5.32 Å². The summed E-state index contributed by atoms with van der Waals surface area (Å²) in [7, 11) is 0. The fourth-order valence-corrected chi connectivity index (χ4v) is 2.92. The van der Waals surface area contributed by atoms with Crippen LogP contribution in [0.5, 0.6) is 0 Å². The molecule has 4 heteroatoms. The molecule has 0 aromatic carbocycles. The van der Waals surface area contributed by atoms with E-state index >= 15 is 0 Å². The first-order chi connectivity index (χ1) is 7.66. The molecule has 92 valence electrons. The molecular formula is C12H22N2O2. The number of aliphatic hydroxyl groups excluding tert-OH is 1. The minimum Gasteiger partial charge on any atom is -0.393 e. The fraction of sp³-hybridized carbons (Fsp3) is 0.917. The first-order valence-electron chi connectivity index (χ1n) is 6.38. The van der Waals surface area contributed by atoms with Crippen molar-refractivity contribution in [3.05, 3.63) is 0 Å². The molecule has 2 aliphatic carbocycles. The van der Waals surface area contributed by atoms with Crippen molar-refractivity contribution in [1.82, 2.24) is 5.32 Å². The van der Waals surface area contributed by atoms with Gasteiger partial charge in [-0.25, -0.2) is 0 Å². The van der Waals surface area contributed by atoms with Crippen LogP contribution < -0.4 is 11.1 Å². The van der Waals surface area contributed by atoms with Crippen molar-refractivity contribution in [3.63, 3.8) is 0 Å². The number of nitrogens with two attached hydrogens (primary N) is 1. The third-order valence-electron chi connectivity index (χ3n) is 3.98. The maximum absolute atomic E-state index is 11.8. The summed E-state index contributed by atoms with van der Waals surface area (Å²) in [5, 5.41) is 12.4. The molecule has 2 saturated carbocycles. The van der Waals surface area contributed by atoms with Gasteiger partial charge in [0.2, 0.25) is 5.91 Å². The van der Waals surface area contributed by atoms with Crippen LogP contribution in [0, 0.1) is 11.8 Å². The second-order valence-electron chi connectivity index (χ2n) is 5.28. The molecule has 4 N–H and O–H groups in total. The number of aliphatic hydroxyl groups is 1. The van der Waals surface area contributed by atoms with Gasteiger partial charge >= 0.3 is 0 Å². The Morgan fingerprint density at radius 3 is 2.69 bits per heavy atom. The van der Waals surface area contributed by atoms with Gasteiger partial charge in [0.15, 0.2) is 0 Å². The Kier molecular flexibility index (Phi) is 3.82. The van der Waals surface area contributed by atoms with E-state index in [-0.39, 0.29) is 24.0 Å². The number of carbonyl (C=O) groups excluding carboxylic acids is 1. The molecular weight excluding hydrogens is 204 g/mol. The molecule has 16 heavy (non-hydrogen) atoms. The standard InChI is InChI=1S/C12H22N2O2/c13-11-3-1-2-10(11)12(16)14-7-8-4-5-9(15)6-8/h8-11,15H,1-7,13H2,(H,14,16). The molecule has 0 radical (unpaired) electrons. The second kappa shape index (κ2) is 5.15. The molecule has 2 fully saturated rings. The van der Waals surface area contributed by atoms with E-state index in [1.807, 2.05) is 0 Å². The van der Waals surface area contributed by atoms with Crippen molar-refractivity contribution in [2.24, 2.45) is 17.6 Å². The van der Waals surface area contributed by atoms with E-state index in [1.165, 1.54) is 0 Å². The Hall–Kier alpha value is -0.610. The zero-order valence-corrected chi connectivity index (χ0v) is 9.69. The normalized spacial score (nSPS) is 38.9. The van der Waals surface area contributed by atoms with E-state index in [1.54, 1.807) is 0 Å².